The number of fused-ring (bicyclic) bond motifs is 1. The molecule has 2 heterocycles. The average molecular weight is 255 g/mol. The summed E-state index contributed by atoms with van der Waals surface area (Å²) in [6, 6.07) is 7.19. The molecule has 1 aromatic carbocycles. The molecule has 0 saturated carbocycles. The standard InChI is InChI=1S/C14H13N3O2/c15-11-6-9-3-4-14(18)17-12(9)7-13(11)19-10-2-1-5-16-8-10/h1-2,5-8H,3-4,15H2,(H,17,18). The van der Waals surface area contributed by atoms with Crippen molar-refractivity contribution in [1.29, 1.82) is 0 Å². The molecule has 1 aromatic heterocycles. The lowest BCUT2D eigenvalue weighted by molar-refractivity contribution is -0.116. The van der Waals surface area contributed by atoms with E-state index in [2.05, 4.69) is 10.3 Å². The van der Waals surface area contributed by atoms with E-state index in [9.17, 15) is 4.79 Å². The third-order valence-electron chi connectivity index (χ3n) is 2.99. The maximum Gasteiger partial charge on any atom is 0.224 e. The number of benzene rings is 1. The molecule has 5 heteroatoms. The van der Waals surface area contributed by atoms with Gasteiger partial charge in [0.15, 0.2) is 5.75 Å². The summed E-state index contributed by atoms with van der Waals surface area (Å²) in [6.45, 7) is 0. The number of nitrogens with one attached hydrogen (secondary N) is 1. The normalized spacial score (nSPS) is 13.6. The first kappa shape index (κ1) is 11.5. The fourth-order valence-corrected chi connectivity index (χ4v) is 2.05. The molecule has 1 amide bonds. The van der Waals surface area contributed by atoms with E-state index in [4.69, 9.17) is 10.5 Å². The second-order valence-corrected chi connectivity index (χ2v) is 4.39. The van der Waals surface area contributed by atoms with Gasteiger partial charge in [-0.1, -0.05) is 0 Å². The third kappa shape index (κ3) is 2.35. The number of pyridine rings is 1. The van der Waals surface area contributed by atoms with Crippen LogP contribution in [0.2, 0.25) is 0 Å². The highest BCUT2D eigenvalue weighted by atomic mass is 16.5. The first-order chi connectivity index (χ1) is 9.22. The van der Waals surface area contributed by atoms with Gasteiger partial charge < -0.3 is 15.8 Å². The summed E-state index contributed by atoms with van der Waals surface area (Å²) in [5.41, 5.74) is 8.33. The fourth-order valence-electron chi connectivity index (χ4n) is 2.05. The number of nitrogens with two attached hydrogens (primary N) is 1. The van der Waals surface area contributed by atoms with Crippen LogP contribution in [0.5, 0.6) is 11.5 Å². The maximum atomic E-state index is 11.4. The molecule has 0 fully saturated rings. The van der Waals surface area contributed by atoms with Gasteiger partial charge in [-0.2, -0.15) is 0 Å². The monoisotopic (exact) mass is 255 g/mol. The predicted octanol–water partition coefficient (Wildman–Crippen LogP) is 2.34. The summed E-state index contributed by atoms with van der Waals surface area (Å²) < 4.78 is 5.67. The molecule has 0 atom stereocenters. The molecular weight excluding hydrogens is 242 g/mol. The van der Waals surface area contributed by atoms with Crippen molar-refractivity contribution in [3.63, 3.8) is 0 Å². The lowest BCUT2D eigenvalue weighted by atomic mass is 10.0. The van der Waals surface area contributed by atoms with E-state index in [1.807, 2.05) is 6.07 Å². The lowest BCUT2D eigenvalue weighted by Crippen LogP contribution is -2.19. The lowest BCUT2D eigenvalue weighted by Gasteiger charge is -2.19. The summed E-state index contributed by atoms with van der Waals surface area (Å²) in [7, 11) is 0. The van der Waals surface area contributed by atoms with E-state index in [1.54, 1.807) is 30.6 Å². The highest BCUT2D eigenvalue weighted by Crippen LogP contribution is 2.34. The van der Waals surface area contributed by atoms with Gasteiger partial charge in [-0.05, 0) is 30.2 Å². The van der Waals surface area contributed by atoms with Crippen LogP contribution in [0.3, 0.4) is 0 Å². The fraction of sp³-hybridized carbons (Fsp3) is 0.143. The number of anilines is 2. The van der Waals surface area contributed by atoms with E-state index in [1.165, 1.54) is 0 Å². The summed E-state index contributed by atoms with van der Waals surface area (Å²) in [4.78, 5) is 15.4. The topological polar surface area (TPSA) is 77.2 Å². The van der Waals surface area contributed by atoms with Crippen molar-refractivity contribution in [3.8, 4) is 11.5 Å². The van der Waals surface area contributed by atoms with Crippen LogP contribution in [0.25, 0.3) is 0 Å². The number of aromatic nitrogens is 1. The van der Waals surface area contributed by atoms with Gasteiger partial charge in [-0.15, -0.1) is 0 Å². The molecule has 3 rings (SSSR count). The van der Waals surface area contributed by atoms with Gasteiger partial charge in [0.1, 0.15) is 5.75 Å². The smallest absolute Gasteiger partial charge is 0.224 e. The van der Waals surface area contributed by atoms with Crippen LogP contribution in [-0.4, -0.2) is 10.9 Å². The minimum absolute atomic E-state index is 0.0181. The second kappa shape index (κ2) is 4.61. The Morgan fingerprint density at radius 3 is 3.00 bits per heavy atom. The van der Waals surface area contributed by atoms with Gasteiger partial charge in [0.05, 0.1) is 11.9 Å². The van der Waals surface area contributed by atoms with E-state index < -0.39 is 0 Å². The molecule has 2 aromatic rings. The molecular formula is C14H13N3O2. The van der Waals surface area contributed by atoms with Crippen molar-refractivity contribution in [3.05, 3.63) is 42.2 Å². The van der Waals surface area contributed by atoms with Gasteiger partial charge in [0.2, 0.25) is 5.91 Å². The van der Waals surface area contributed by atoms with Crippen molar-refractivity contribution in [2.24, 2.45) is 0 Å². The van der Waals surface area contributed by atoms with Crippen LogP contribution >= 0.6 is 0 Å². The van der Waals surface area contributed by atoms with Gasteiger partial charge >= 0.3 is 0 Å². The molecule has 0 radical (unpaired) electrons. The van der Waals surface area contributed by atoms with Crippen molar-refractivity contribution in [2.45, 2.75) is 12.8 Å². The molecule has 0 aliphatic carbocycles. The van der Waals surface area contributed by atoms with Gasteiger partial charge in [-0.3, -0.25) is 9.78 Å². The number of hydrogen-bond donors (Lipinski definition) is 2. The van der Waals surface area contributed by atoms with Crippen LogP contribution in [0, 0.1) is 0 Å². The molecule has 0 saturated heterocycles. The third-order valence-corrected chi connectivity index (χ3v) is 2.99. The molecule has 5 nitrogen and oxygen atoms in total. The number of nitrogen functional groups attached to an aromatic ring is 1. The number of ether oxygens (including phenoxy) is 1. The Morgan fingerprint density at radius 1 is 1.32 bits per heavy atom. The molecule has 96 valence electrons. The Morgan fingerprint density at radius 2 is 2.21 bits per heavy atom. The average Bonchev–Trinajstić information content (AvgIpc) is 2.41. The first-order valence-corrected chi connectivity index (χ1v) is 6.02. The molecule has 19 heavy (non-hydrogen) atoms. The van der Waals surface area contributed by atoms with Crippen molar-refractivity contribution in [2.75, 3.05) is 11.1 Å². The SMILES string of the molecule is Nc1cc2c(cc1Oc1cccnc1)NC(=O)CC2. The molecule has 3 N–H and O–H groups in total. The largest absolute Gasteiger partial charge is 0.454 e. The number of carbonyl (C=O) groups is 1. The van der Waals surface area contributed by atoms with Crippen LogP contribution < -0.4 is 15.8 Å². The highest BCUT2D eigenvalue weighted by molar-refractivity contribution is 5.94. The van der Waals surface area contributed by atoms with E-state index in [0.717, 1.165) is 11.3 Å². The molecule has 1 aliphatic heterocycles. The van der Waals surface area contributed by atoms with E-state index in [-0.39, 0.29) is 5.91 Å². The number of amides is 1. The van der Waals surface area contributed by atoms with E-state index in [0.29, 0.717) is 30.0 Å². The van der Waals surface area contributed by atoms with Gasteiger partial charge in [0.25, 0.3) is 0 Å². The minimum Gasteiger partial charge on any atom is -0.454 e. The van der Waals surface area contributed by atoms with Crippen LogP contribution in [0.4, 0.5) is 11.4 Å². The number of nitrogens with zero attached hydrogens (tertiary/aromatic N) is 1. The van der Waals surface area contributed by atoms with Crippen molar-refractivity contribution in [1.82, 2.24) is 4.98 Å². The number of carbonyl (C=O) groups excluding carboxylic acids is 1. The maximum absolute atomic E-state index is 11.4. The quantitative estimate of drug-likeness (QED) is 0.807. The molecule has 0 unspecified atom stereocenters. The molecule has 0 spiro atoms. The van der Waals surface area contributed by atoms with Crippen LogP contribution in [0.1, 0.15) is 12.0 Å². The zero-order valence-corrected chi connectivity index (χ0v) is 10.2. The summed E-state index contributed by atoms with van der Waals surface area (Å²) >= 11 is 0. The Hall–Kier alpha value is -2.56. The number of aryl methyl sites for hydroxylation is 1. The molecule has 0 bridgehead atoms. The Labute approximate surface area is 110 Å². The van der Waals surface area contributed by atoms with Crippen molar-refractivity contribution < 1.29 is 9.53 Å². The zero-order chi connectivity index (χ0) is 13.2. The number of rotatable bonds is 2. The van der Waals surface area contributed by atoms with Crippen LogP contribution in [0.15, 0.2) is 36.7 Å². The Balaban J connectivity index is 1.94. The number of hydrogen-bond acceptors (Lipinski definition) is 4. The predicted molar refractivity (Wildman–Crippen MR) is 72.1 cm³/mol. The molecule has 1 aliphatic rings. The van der Waals surface area contributed by atoms with Gasteiger partial charge in [-0.25, -0.2) is 0 Å². The summed E-state index contributed by atoms with van der Waals surface area (Å²) in [5, 5.41) is 2.82. The van der Waals surface area contributed by atoms with Crippen LogP contribution in [-0.2, 0) is 11.2 Å². The van der Waals surface area contributed by atoms with E-state index >= 15 is 0 Å². The summed E-state index contributed by atoms with van der Waals surface area (Å²) in [6.07, 6.45) is 4.48. The summed E-state index contributed by atoms with van der Waals surface area (Å²) in [5.74, 6) is 1.15. The zero-order valence-electron chi connectivity index (χ0n) is 10.2. The first-order valence-electron chi connectivity index (χ1n) is 6.02. The van der Waals surface area contributed by atoms with Gasteiger partial charge in [0, 0.05) is 24.4 Å². The van der Waals surface area contributed by atoms with Crippen molar-refractivity contribution >= 4 is 17.3 Å². The highest BCUT2D eigenvalue weighted by Gasteiger charge is 2.17. The Kier molecular flexibility index (Phi) is 2.79. The minimum atomic E-state index is 0.0181. The Bertz CT molecular complexity index is 626. The second-order valence-electron chi connectivity index (χ2n) is 4.39.